The largest absolute Gasteiger partial charge is 0.441 e. The molecule has 1 heterocycles. The van der Waals surface area contributed by atoms with Crippen LogP contribution < -0.4 is 5.32 Å². The van der Waals surface area contributed by atoms with Gasteiger partial charge in [-0.1, -0.05) is 6.07 Å². The number of para-hydroxylation sites is 1. The van der Waals surface area contributed by atoms with Gasteiger partial charge in [-0.15, -0.1) is 0 Å². The molecule has 0 aromatic heterocycles. The van der Waals surface area contributed by atoms with Crippen LogP contribution in [0, 0.1) is 5.82 Å². The van der Waals surface area contributed by atoms with Crippen LogP contribution >= 0.6 is 0 Å². The first-order valence-corrected chi connectivity index (χ1v) is 3.48. The molecule has 12 heavy (non-hydrogen) atoms. The molecule has 1 aromatic rings. The van der Waals surface area contributed by atoms with Gasteiger partial charge in [0.15, 0.2) is 6.73 Å². The fourth-order valence-electron chi connectivity index (χ4n) is 1.13. The van der Waals surface area contributed by atoms with E-state index in [1.807, 2.05) is 0 Å². The highest BCUT2D eigenvalue weighted by Crippen LogP contribution is 2.23. The number of anilines is 1. The van der Waals surface area contributed by atoms with Gasteiger partial charge < -0.3 is 10.1 Å². The summed E-state index contributed by atoms with van der Waals surface area (Å²) in [5.74, 6) is -0.910. The van der Waals surface area contributed by atoms with Crippen LogP contribution in [-0.2, 0) is 4.74 Å². The predicted octanol–water partition coefficient (Wildman–Crippen LogP) is 1.37. The quantitative estimate of drug-likeness (QED) is 0.593. The van der Waals surface area contributed by atoms with E-state index in [-0.39, 0.29) is 18.0 Å². The van der Waals surface area contributed by atoms with Gasteiger partial charge in [0.2, 0.25) is 0 Å². The second-order valence-electron chi connectivity index (χ2n) is 2.42. The Balaban J connectivity index is 2.59. The van der Waals surface area contributed by atoms with E-state index in [1.165, 1.54) is 18.2 Å². The molecular weight excluding hydrogens is 161 g/mol. The van der Waals surface area contributed by atoms with Crippen molar-refractivity contribution in [2.24, 2.45) is 0 Å². The summed E-state index contributed by atoms with van der Waals surface area (Å²) >= 11 is 0. The Morgan fingerprint density at radius 1 is 1.50 bits per heavy atom. The van der Waals surface area contributed by atoms with Crippen LogP contribution in [0.3, 0.4) is 0 Å². The van der Waals surface area contributed by atoms with Crippen LogP contribution in [0.1, 0.15) is 10.4 Å². The third-order valence-electron chi connectivity index (χ3n) is 1.69. The van der Waals surface area contributed by atoms with Gasteiger partial charge in [0.1, 0.15) is 5.82 Å². The van der Waals surface area contributed by atoms with Gasteiger partial charge in [-0.25, -0.2) is 9.18 Å². The van der Waals surface area contributed by atoms with Crippen molar-refractivity contribution in [2.45, 2.75) is 0 Å². The lowest BCUT2D eigenvalue weighted by Gasteiger charge is -2.17. The zero-order valence-corrected chi connectivity index (χ0v) is 6.13. The first-order valence-electron chi connectivity index (χ1n) is 3.48. The third-order valence-corrected chi connectivity index (χ3v) is 1.69. The Morgan fingerprint density at radius 2 is 2.33 bits per heavy atom. The first-order chi connectivity index (χ1) is 5.79. The molecule has 3 nitrogen and oxygen atoms in total. The molecule has 1 aliphatic rings. The molecule has 0 saturated carbocycles. The third kappa shape index (κ3) is 0.922. The number of benzene rings is 1. The number of hydrogen-bond acceptors (Lipinski definition) is 3. The Labute approximate surface area is 68.1 Å². The molecule has 4 heteroatoms. The lowest BCUT2D eigenvalue weighted by Crippen LogP contribution is -2.21. The lowest BCUT2D eigenvalue weighted by molar-refractivity contribution is 0.0516. The average Bonchev–Trinajstić information content (AvgIpc) is 2.07. The summed E-state index contributed by atoms with van der Waals surface area (Å²) in [6.45, 7) is 0.0345. The van der Waals surface area contributed by atoms with Crippen molar-refractivity contribution in [1.29, 1.82) is 0 Å². The minimum absolute atomic E-state index is 0.0345. The van der Waals surface area contributed by atoms with Crippen LogP contribution in [0.5, 0.6) is 0 Å². The molecule has 0 spiro atoms. The molecule has 62 valence electrons. The number of carbonyl (C=O) groups is 1. The summed E-state index contributed by atoms with van der Waals surface area (Å²) in [6, 6.07) is 4.29. The zero-order valence-electron chi connectivity index (χ0n) is 6.13. The second kappa shape index (κ2) is 2.48. The lowest BCUT2D eigenvalue weighted by atomic mass is 10.1. The van der Waals surface area contributed by atoms with Gasteiger partial charge in [0, 0.05) is 0 Å². The van der Waals surface area contributed by atoms with Crippen molar-refractivity contribution in [3.63, 3.8) is 0 Å². The summed E-state index contributed by atoms with van der Waals surface area (Å²) in [4.78, 5) is 11.0. The number of cyclic esters (lactones) is 1. The topological polar surface area (TPSA) is 38.3 Å². The first kappa shape index (κ1) is 7.09. The van der Waals surface area contributed by atoms with Gasteiger partial charge in [-0.05, 0) is 12.1 Å². The number of hydrogen-bond donors (Lipinski definition) is 1. The van der Waals surface area contributed by atoms with Crippen LogP contribution in [0.25, 0.3) is 0 Å². The highest BCUT2D eigenvalue weighted by atomic mass is 19.1. The second-order valence-corrected chi connectivity index (χ2v) is 2.42. The van der Waals surface area contributed by atoms with Crippen LogP contribution in [0.2, 0.25) is 0 Å². The van der Waals surface area contributed by atoms with E-state index in [4.69, 9.17) is 0 Å². The molecule has 1 N–H and O–H groups in total. The number of halogens is 1. The summed E-state index contributed by atoms with van der Waals surface area (Å²) in [5, 5.41) is 2.64. The SMILES string of the molecule is O=C1OCNc2c(F)cccc21. The van der Waals surface area contributed by atoms with E-state index in [2.05, 4.69) is 10.1 Å². The number of rotatable bonds is 0. The van der Waals surface area contributed by atoms with Crippen molar-refractivity contribution in [1.82, 2.24) is 0 Å². The molecule has 0 unspecified atom stereocenters. The number of nitrogens with one attached hydrogen (secondary N) is 1. The van der Waals surface area contributed by atoms with Crippen molar-refractivity contribution in [3.8, 4) is 0 Å². The van der Waals surface area contributed by atoms with Gasteiger partial charge in [-0.2, -0.15) is 0 Å². The minimum atomic E-state index is -0.483. The fraction of sp³-hybridized carbons (Fsp3) is 0.125. The molecule has 0 bridgehead atoms. The summed E-state index contributed by atoms with van der Waals surface area (Å²) < 4.78 is 17.6. The normalized spacial score (nSPS) is 14.6. The molecule has 0 saturated heterocycles. The minimum Gasteiger partial charge on any atom is -0.441 e. The molecule has 0 radical (unpaired) electrons. The molecule has 2 rings (SSSR count). The summed E-state index contributed by atoms with van der Waals surface area (Å²) in [7, 11) is 0. The Kier molecular flexibility index (Phi) is 1.46. The standard InChI is InChI=1S/C8H6FNO2/c9-6-3-1-2-5-7(6)10-4-12-8(5)11/h1-3,10H,4H2. The maximum atomic E-state index is 13.0. The van der Waals surface area contributed by atoms with Crippen LogP contribution in [0.15, 0.2) is 18.2 Å². The molecule has 0 atom stereocenters. The highest BCUT2D eigenvalue weighted by molar-refractivity contribution is 5.97. The van der Waals surface area contributed by atoms with E-state index >= 15 is 0 Å². The van der Waals surface area contributed by atoms with Crippen molar-refractivity contribution >= 4 is 11.7 Å². The van der Waals surface area contributed by atoms with E-state index < -0.39 is 11.8 Å². The highest BCUT2D eigenvalue weighted by Gasteiger charge is 2.20. The fourth-order valence-corrected chi connectivity index (χ4v) is 1.13. The molecule has 1 aliphatic heterocycles. The average molecular weight is 167 g/mol. The number of carbonyl (C=O) groups excluding carboxylic acids is 1. The Hall–Kier alpha value is -1.58. The van der Waals surface area contributed by atoms with E-state index in [0.717, 1.165) is 0 Å². The molecule has 0 aliphatic carbocycles. The van der Waals surface area contributed by atoms with Gasteiger partial charge in [0.05, 0.1) is 11.3 Å². The molecule has 0 fully saturated rings. The van der Waals surface area contributed by atoms with E-state index in [1.54, 1.807) is 0 Å². The Bertz CT molecular complexity index is 338. The van der Waals surface area contributed by atoms with Crippen LogP contribution in [0.4, 0.5) is 10.1 Å². The number of esters is 1. The van der Waals surface area contributed by atoms with Crippen molar-refractivity contribution < 1.29 is 13.9 Å². The van der Waals surface area contributed by atoms with Gasteiger partial charge >= 0.3 is 5.97 Å². The maximum absolute atomic E-state index is 13.0. The van der Waals surface area contributed by atoms with E-state index in [0.29, 0.717) is 0 Å². The van der Waals surface area contributed by atoms with Crippen molar-refractivity contribution in [3.05, 3.63) is 29.6 Å². The molecule has 1 aromatic carbocycles. The smallest absolute Gasteiger partial charge is 0.342 e. The molecule has 0 amide bonds. The van der Waals surface area contributed by atoms with Gasteiger partial charge in [-0.3, -0.25) is 0 Å². The van der Waals surface area contributed by atoms with Gasteiger partial charge in [0.25, 0.3) is 0 Å². The zero-order chi connectivity index (χ0) is 8.55. The molecular formula is C8H6FNO2. The predicted molar refractivity (Wildman–Crippen MR) is 40.3 cm³/mol. The number of ether oxygens (including phenoxy) is 1. The van der Waals surface area contributed by atoms with Crippen molar-refractivity contribution in [2.75, 3.05) is 12.0 Å². The summed E-state index contributed by atoms with van der Waals surface area (Å²) in [5.41, 5.74) is 0.481. The number of fused-ring (bicyclic) bond motifs is 1. The maximum Gasteiger partial charge on any atom is 0.342 e. The Morgan fingerprint density at radius 3 is 3.08 bits per heavy atom. The monoisotopic (exact) mass is 167 g/mol. The van der Waals surface area contributed by atoms with Crippen LogP contribution in [-0.4, -0.2) is 12.7 Å². The summed E-state index contributed by atoms with van der Waals surface area (Å²) in [6.07, 6.45) is 0. The van der Waals surface area contributed by atoms with E-state index in [9.17, 15) is 9.18 Å².